The van der Waals surface area contributed by atoms with Crippen molar-refractivity contribution in [2.24, 2.45) is 5.92 Å². The Morgan fingerprint density at radius 3 is 2.50 bits per heavy atom. The summed E-state index contributed by atoms with van der Waals surface area (Å²) in [5, 5.41) is 9.39. The van der Waals surface area contributed by atoms with Crippen molar-refractivity contribution in [3.63, 3.8) is 0 Å². The van der Waals surface area contributed by atoms with Crippen LogP contribution in [0.2, 0.25) is 0 Å². The number of rotatable bonds is 3. The molecule has 1 rings (SSSR count). The van der Waals surface area contributed by atoms with Gasteiger partial charge in [-0.2, -0.15) is 0 Å². The summed E-state index contributed by atoms with van der Waals surface area (Å²) in [6, 6.07) is 0. The van der Waals surface area contributed by atoms with Gasteiger partial charge in [-0.3, -0.25) is 0 Å². The average molecular weight is 192 g/mol. The van der Waals surface area contributed by atoms with Gasteiger partial charge in [-0.1, -0.05) is 6.42 Å². The van der Waals surface area contributed by atoms with E-state index < -0.39 is 9.84 Å². The third kappa shape index (κ3) is 3.11. The van der Waals surface area contributed by atoms with Crippen molar-refractivity contribution in [3.8, 4) is 0 Å². The first-order valence-corrected chi connectivity index (χ1v) is 6.41. The topological polar surface area (TPSA) is 54.4 Å². The highest BCUT2D eigenvalue weighted by Gasteiger charge is 2.25. The van der Waals surface area contributed by atoms with Gasteiger partial charge in [0.1, 0.15) is 9.84 Å². The van der Waals surface area contributed by atoms with Crippen LogP contribution in [0.5, 0.6) is 0 Å². The van der Waals surface area contributed by atoms with Gasteiger partial charge >= 0.3 is 0 Å². The summed E-state index contributed by atoms with van der Waals surface area (Å²) in [4.78, 5) is 0. The van der Waals surface area contributed by atoms with Gasteiger partial charge in [0.2, 0.25) is 0 Å². The van der Waals surface area contributed by atoms with Gasteiger partial charge in [0.15, 0.2) is 0 Å². The molecule has 1 fully saturated rings. The first kappa shape index (κ1) is 9.99. The van der Waals surface area contributed by atoms with Crippen molar-refractivity contribution in [1.29, 1.82) is 0 Å². The second-order valence-corrected chi connectivity index (χ2v) is 5.94. The zero-order valence-corrected chi connectivity index (χ0v) is 8.18. The molecular weight excluding hydrogens is 176 g/mol. The molecule has 2 atom stereocenters. The summed E-state index contributed by atoms with van der Waals surface area (Å²) >= 11 is 0. The van der Waals surface area contributed by atoms with Crippen LogP contribution in [-0.2, 0) is 9.84 Å². The molecule has 1 aliphatic carbocycles. The lowest BCUT2D eigenvalue weighted by atomic mass is 10.0. The smallest absolute Gasteiger partial charge is 0.147 e. The molecule has 0 aromatic heterocycles. The predicted molar refractivity (Wildman–Crippen MR) is 47.7 cm³/mol. The molecule has 0 heterocycles. The molecule has 0 amide bonds. The third-order valence-corrected chi connectivity index (χ3v) is 3.46. The molecule has 2 unspecified atom stereocenters. The van der Waals surface area contributed by atoms with Crippen molar-refractivity contribution in [2.45, 2.75) is 31.8 Å². The Morgan fingerprint density at radius 1 is 1.42 bits per heavy atom. The zero-order chi connectivity index (χ0) is 9.19. The van der Waals surface area contributed by atoms with E-state index in [1.54, 1.807) is 0 Å². The molecule has 0 spiro atoms. The van der Waals surface area contributed by atoms with E-state index in [-0.39, 0.29) is 17.8 Å². The Hall–Kier alpha value is -0.0900. The molecule has 4 heteroatoms. The predicted octanol–water partition coefficient (Wildman–Crippen LogP) is 0.582. The van der Waals surface area contributed by atoms with Gasteiger partial charge in [0, 0.05) is 6.26 Å². The van der Waals surface area contributed by atoms with Gasteiger partial charge in [0.05, 0.1) is 11.9 Å². The number of aliphatic hydroxyl groups is 1. The molecule has 1 aliphatic rings. The van der Waals surface area contributed by atoms with E-state index in [4.69, 9.17) is 0 Å². The Morgan fingerprint density at radius 2 is 2.08 bits per heavy atom. The van der Waals surface area contributed by atoms with E-state index in [9.17, 15) is 13.5 Å². The minimum absolute atomic E-state index is 0.217. The van der Waals surface area contributed by atoms with Crippen molar-refractivity contribution in [3.05, 3.63) is 0 Å². The van der Waals surface area contributed by atoms with Crippen molar-refractivity contribution in [1.82, 2.24) is 0 Å². The highest BCUT2D eigenvalue weighted by Crippen LogP contribution is 2.28. The molecule has 0 bridgehead atoms. The van der Waals surface area contributed by atoms with Gasteiger partial charge < -0.3 is 5.11 Å². The van der Waals surface area contributed by atoms with Crippen LogP contribution in [-0.4, -0.2) is 31.6 Å². The summed E-state index contributed by atoms with van der Waals surface area (Å²) in [5.41, 5.74) is 0. The fourth-order valence-electron chi connectivity index (χ4n) is 1.72. The summed E-state index contributed by atoms with van der Waals surface area (Å²) in [5.74, 6) is 0.439. The van der Waals surface area contributed by atoms with Crippen LogP contribution in [0.4, 0.5) is 0 Å². The Labute approximate surface area is 73.7 Å². The molecule has 1 N–H and O–H groups in total. The van der Waals surface area contributed by atoms with Gasteiger partial charge in [-0.15, -0.1) is 0 Å². The van der Waals surface area contributed by atoms with Gasteiger partial charge in [0.25, 0.3) is 0 Å². The molecule has 3 nitrogen and oxygen atoms in total. The summed E-state index contributed by atoms with van der Waals surface area (Å²) in [6.45, 7) is 0. The van der Waals surface area contributed by atoms with Crippen LogP contribution in [0.1, 0.15) is 25.7 Å². The van der Waals surface area contributed by atoms with E-state index >= 15 is 0 Å². The minimum Gasteiger partial charge on any atom is -0.393 e. The average Bonchev–Trinajstić information content (AvgIpc) is 2.29. The number of hydrogen-bond donors (Lipinski definition) is 1. The molecule has 0 radical (unpaired) electrons. The molecule has 72 valence electrons. The van der Waals surface area contributed by atoms with Crippen LogP contribution >= 0.6 is 0 Å². The van der Waals surface area contributed by atoms with Crippen LogP contribution in [0, 0.1) is 5.92 Å². The molecular formula is C8H16O3S. The van der Waals surface area contributed by atoms with E-state index in [1.165, 1.54) is 6.26 Å². The largest absolute Gasteiger partial charge is 0.393 e. The van der Waals surface area contributed by atoms with Crippen LogP contribution in [0.3, 0.4) is 0 Å². The lowest BCUT2D eigenvalue weighted by Gasteiger charge is -2.12. The quantitative estimate of drug-likeness (QED) is 0.711. The maximum Gasteiger partial charge on any atom is 0.147 e. The maximum atomic E-state index is 10.8. The third-order valence-electron chi connectivity index (χ3n) is 2.48. The van der Waals surface area contributed by atoms with Crippen LogP contribution < -0.4 is 0 Å². The lowest BCUT2D eigenvalue weighted by Crippen LogP contribution is -2.17. The lowest BCUT2D eigenvalue weighted by molar-refractivity contribution is 0.131. The Balaban J connectivity index is 2.32. The normalized spacial score (nSPS) is 30.8. The number of aliphatic hydroxyl groups excluding tert-OH is 1. The molecule has 0 aromatic carbocycles. The highest BCUT2D eigenvalue weighted by molar-refractivity contribution is 7.90. The van der Waals surface area contributed by atoms with Crippen molar-refractivity contribution < 1.29 is 13.5 Å². The standard InChI is InChI=1S/C8H16O3S/c1-12(10,11)6-5-7-3-2-4-8(7)9/h7-9H,2-6H2,1H3. The molecule has 0 aliphatic heterocycles. The zero-order valence-electron chi connectivity index (χ0n) is 7.36. The summed E-state index contributed by atoms with van der Waals surface area (Å²) in [7, 11) is -2.85. The van der Waals surface area contributed by atoms with Gasteiger partial charge in [-0.25, -0.2) is 8.42 Å². The van der Waals surface area contributed by atoms with Crippen LogP contribution in [0.15, 0.2) is 0 Å². The Bertz CT molecular complexity index is 233. The summed E-state index contributed by atoms with van der Waals surface area (Å²) < 4.78 is 21.6. The maximum absolute atomic E-state index is 10.8. The van der Waals surface area contributed by atoms with Crippen molar-refractivity contribution in [2.75, 3.05) is 12.0 Å². The van der Waals surface area contributed by atoms with Crippen LogP contribution in [0.25, 0.3) is 0 Å². The molecule has 1 saturated carbocycles. The molecule has 0 aromatic rings. The second-order valence-electron chi connectivity index (χ2n) is 3.68. The van der Waals surface area contributed by atoms with E-state index in [2.05, 4.69) is 0 Å². The van der Waals surface area contributed by atoms with Gasteiger partial charge in [-0.05, 0) is 25.2 Å². The molecule has 0 saturated heterocycles. The SMILES string of the molecule is CS(=O)(=O)CCC1CCCC1O. The van der Waals surface area contributed by atoms with E-state index in [0.29, 0.717) is 6.42 Å². The fraction of sp³-hybridized carbons (Fsp3) is 1.00. The first-order valence-electron chi connectivity index (χ1n) is 4.35. The molecule has 12 heavy (non-hydrogen) atoms. The minimum atomic E-state index is -2.85. The van der Waals surface area contributed by atoms with Crippen molar-refractivity contribution >= 4 is 9.84 Å². The fourth-order valence-corrected chi connectivity index (χ4v) is 2.45. The summed E-state index contributed by atoms with van der Waals surface area (Å²) in [6.07, 6.45) is 4.47. The first-order chi connectivity index (χ1) is 5.49. The monoisotopic (exact) mass is 192 g/mol. The number of hydrogen-bond acceptors (Lipinski definition) is 3. The van der Waals surface area contributed by atoms with E-state index in [1.807, 2.05) is 0 Å². The highest BCUT2D eigenvalue weighted by atomic mass is 32.2. The second kappa shape index (κ2) is 3.75. The Kier molecular flexibility index (Phi) is 3.12. The number of sulfone groups is 1. The van der Waals surface area contributed by atoms with E-state index in [0.717, 1.165) is 19.3 Å².